The molecule has 0 amide bonds. The molecule has 0 unspecified atom stereocenters. The molecule has 0 aliphatic carbocycles. The molecule has 1 aliphatic rings. The Bertz CT molecular complexity index is 1330. The standard InChI is InChI=1S/C23H23F3N6O3/c1-2-3-7-12-31-18-19(29-22(31)30-13-10-27-11-14-30)28-17(15-16-8-5-4-6-9-16)32(20(18)33)35-21(34)23(24,25)26/h4-6,8-9,27H,7,10-15H2,1H3. The van der Waals surface area contributed by atoms with Crippen LogP contribution in [0.2, 0.25) is 0 Å². The summed E-state index contributed by atoms with van der Waals surface area (Å²) in [7, 11) is 0. The van der Waals surface area contributed by atoms with E-state index in [2.05, 4.69) is 32.0 Å². The lowest BCUT2D eigenvalue weighted by Gasteiger charge is -2.28. The number of carbonyl (C=O) groups is 1. The van der Waals surface area contributed by atoms with Gasteiger partial charge in [-0.05, 0) is 12.5 Å². The van der Waals surface area contributed by atoms with Crippen LogP contribution in [0.3, 0.4) is 0 Å². The molecule has 35 heavy (non-hydrogen) atoms. The number of alkyl halides is 3. The van der Waals surface area contributed by atoms with Gasteiger partial charge in [-0.25, -0.2) is 9.78 Å². The van der Waals surface area contributed by atoms with Gasteiger partial charge in [-0.2, -0.15) is 18.2 Å². The van der Waals surface area contributed by atoms with Gasteiger partial charge in [-0.15, -0.1) is 16.6 Å². The number of hydrogen-bond donors (Lipinski definition) is 1. The first-order valence-electron chi connectivity index (χ1n) is 11.0. The van der Waals surface area contributed by atoms with Crippen molar-refractivity contribution < 1.29 is 22.8 Å². The molecule has 0 spiro atoms. The van der Waals surface area contributed by atoms with Gasteiger partial charge < -0.3 is 19.6 Å². The minimum absolute atomic E-state index is 0.0473. The summed E-state index contributed by atoms with van der Waals surface area (Å²) in [5.41, 5.74) is -0.270. The Balaban J connectivity index is 1.90. The highest BCUT2D eigenvalue weighted by Crippen LogP contribution is 2.22. The van der Waals surface area contributed by atoms with Crippen molar-refractivity contribution in [2.45, 2.75) is 32.5 Å². The SMILES string of the molecule is CC#CCCn1c(N2CCNCC2)nc2nc(Cc3ccccc3)n(OC(=O)C(F)(F)F)c(=O)c21. The minimum atomic E-state index is -5.29. The highest BCUT2D eigenvalue weighted by atomic mass is 19.4. The second-order valence-electron chi connectivity index (χ2n) is 7.82. The zero-order valence-electron chi connectivity index (χ0n) is 18.9. The third kappa shape index (κ3) is 5.30. The van der Waals surface area contributed by atoms with Gasteiger partial charge in [0, 0.05) is 45.6 Å². The number of fused-ring (bicyclic) bond motifs is 1. The maximum Gasteiger partial charge on any atom is 0.493 e. The molecule has 0 atom stereocenters. The first kappa shape index (κ1) is 24.3. The van der Waals surface area contributed by atoms with Crippen LogP contribution in [0, 0.1) is 11.8 Å². The zero-order valence-corrected chi connectivity index (χ0v) is 18.9. The van der Waals surface area contributed by atoms with E-state index in [4.69, 9.17) is 0 Å². The Morgan fingerprint density at radius 2 is 1.89 bits per heavy atom. The van der Waals surface area contributed by atoms with Gasteiger partial charge in [0.2, 0.25) is 5.95 Å². The number of imidazole rings is 1. The number of rotatable bonds is 6. The maximum atomic E-state index is 13.5. The van der Waals surface area contributed by atoms with E-state index in [0.29, 0.717) is 48.8 Å². The first-order valence-corrected chi connectivity index (χ1v) is 11.0. The maximum absolute atomic E-state index is 13.5. The highest BCUT2D eigenvalue weighted by molar-refractivity contribution is 5.77. The molecule has 4 rings (SSSR count). The van der Waals surface area contributed by atoms with Crippen LogP contribution in [0.1, 0.15) is 24.7 Å². The van der Waals surface area contributed by atoms with Gasteiger partial charge in [-0.1, -0.05) is 30.3 Å². The number of piperazine rings is 1. The number of anilines is 1. The summed E-state index contributed by atoms with van der Waals surface area (Å²) >= 11 is 0. The van der Waals surface area contributed by atoms with Crippen LogP contribution < -0.4 is 20.6 Å². The molecular formula is C23H23F3N6O3. The van der Waals surface area contributed by atoms with Crippen LogP contribution in [0.15, 0.2) is 35.1 Å². The van der Waals surface area contributed by atoms with Gasteiger partial charge in [0.05, 0.1) is 0 Å². The average Bonchev–Trinajstić information content (AvgIpc) is 3.20. The van der Waals surface area contributed by atoms with Gasteiger partial charge in [0.25, 0.3) is 0 Å². The summed E-state index contributed by atoms with van der Waals surface area (Å²) in [6.45, 7) is 4.60. The Morgan fingerprint density at radius 3 is 2.54 bits per heavy atom. The molecule has 1 fully saturated rings. The molecule has 0 saturated carbocycles. The predicted octanol–water partition coefficient (Wildman–Crippen LogP) is 1.52. The first-order chi connectivity index (χ1) is 16.8. The number of aryl methyl sites for hydroxylation is 1. The van der Waals surface area contributed by atoms with Gasteiger partial charge >= 0.3 is 17.7 Å². The van der Waals surface area contributed by atoms with Crippen molar-refractivity contribution in [3.05, 3.63) is 52.1 Å². The van der Waals surface area contributed by atoms with Crippen LogP contribution in [0.4, 0.5) is 19.1 Å². The highest BCUT2D eigenvalue weighted by Gasteiger charge is 2.43. The van der Waals surface area contributed by atoms with Crippen molar-refractivity contribution in [3.8, 4) is 11.8 Å². The fourth-order valence-electron chi connectivity index (χ4n) is 3.83. The monoisotopic (exact) mass is 488 g/mol. The Hall–Kier alpha value is -3.85. The molecule has 1 N–H and O–H groups in total. The molecular weight excluding hydrogens is 465 g/mol. The van der Waals surface area contributed by atoms with E-state index in [0.717, 1.165) is 0 Å². The third-order valence-corrected chi connectivity index (χ3v) is 5.43. The topological polar surface area (TPSA) is 94.3 Å². The lowest BCUT2D eigenvalue weighted by atomic mass is 10.1. The molecule has 2 aromatic heterocycles. The smallest absolute Gasteiger partial charge is 0.340 e. The zero-order chi connectivity index (χ0) is 25.0. The van der Waals surface area contributed by atoms with Gasteiger partial charge in [0.15, 0.2) is 17.0 Å². The molecule has 0 radical (unpaired) electrons. The Morgan fingerprint density at radius 1 is 1.17 bits per heavy atom. The lowest BCUT2D eigenvalue weighted by molar-refractivity contribution is -0.200. The number of halogens is 3. The van der Waals surface area contributed by atoms with E-state index in [9.17, 15) is 22.8 Å². The third-order valence-electron chi connectivity index (χ3n) is 5.43. The van der Waals surface area contributed by atoms with Gasteiger partial charge in [0.1, 0.15) is 0 Å². The molecule has 1 aliphatic heterocycles. The number of nitrogens with zero attached hydrogens (tertiary/aromatic N) is 5. The predicted molar refractivity (Wildman–Crippen MR) is 122 cm³/mol. The molecule has 12 heteroatoms. The molecule has 3 aromatic rings. The van der Waals surface area contributed by atoms with Crippen molar-refractivity contribution >= 4 is 23.1 Å². The summed E-state index contributed by atoms with van der Waals surface area (Å²) in [6.07, 6.45) is -4.95. The molecule has 3 heterocycles. The van der Waals surface area contributed by atoms with Crippen molar-refractivity contribution in [2.24, 2.45) is 0 Å². The minimum Gasteiger partial charge on any atom is -0.340 e. The summed E-state index contributed by atoms with van der Waals surface area (Å²) < 4.78 is 41.0. The lowest BCUT2D eigenvalue weighted by Crippen LogP contribution is -2.44. The average molecular weight is 488 g/mol. The Labute approximate surface area is 198 Å². The number of benzene rings is 1. The second kappa shape index (κ2) is 10.2. The van der Waals surface area contributed by atoms with E-state index in [-0.39, 0.29) is 30.0 Å². The van der Waals surface area contributed by atoms with Crippen LogP contribution >= 0.6 is 0 Å². The van der Waals surface area contributed by atoms with Gasteiger partial charge in [-0.3, -0.25) is 4.79 Å². The fourth-order valence-corrected chi connectivity index (χ4v) is 3.83. The molecule has 1 aromatic carbocycles. The van der Waals surface area contributed by atoms with Crippen molar-refractivity contribution in [1.29, 1.82) is 0 Å². The summed E-state index contributed by atoms with van der Waals surface area (Å²) in [4.78, 5) is 40.7. The van der Waals surface area contributed by atoms with E-state index >= 15 is 0 Å². The number of carbonyl (C=O) groups excluding carboxylic acids is 1. The molecule has 0 bridgehead atoms. The fraction of sp³-hybridized carbons (Fsp3) is 0.391. The van der Waals surface area contributed by atoms with Crippen LogP contribution in [0.5, 0.6) is 0 Å². The van der Waals surface area contributed by atoms with E-state index in [1.165, 1.54) is 0 Å². The molecule has 184 valence electrons. The second-order valence-corrected chi connectivity index (χ2v) is 7.82. The summed E-state index contributed by atoms with van der Waals surface area (Å²) in [5, 5.41) is 3.24. The molecule has 1 saturated heterocycles. The normalized spacial score (nSPS) is 14.0. The van der Waals surface area contributed by atoms with E-state index < -0.39 is 17.7 Å². The number of nitrogens with one attached hydrogen (secondary N) is 1. The number of hydrogen-bond acceptors (Lipinski definition) is 7. The summed E-state index contributed by atoms with van der Waals surface area (Å²) in [6, 6.07) is 8.70. The quantitative estimate of drug-likeness (QED) is 0.526. The Kier molecular flexibility index (Phi) is 7.07. The van der Waals surface area contributed by atoms with Crippen LogP contribution in [-0.4, -0.2) is 57.6 Å². The summed E-state index contributed by atoms with van der Waals surface area (Å²) in [5.74, 6) is 3.48. The largest absolute Gasteiger partial charge is 0.493 e. The van der Waals surface area contributed by atoms with Crippen molar-refractivity contribution in [3.63, 3.8) is 0 Å². The van der Waals surface area contributed by atoms with E-state index in [1.54, 1.807) is 41.8 Å². The number of aromatic nitrogens is 4. The van der Waals surface area contributed by atoms with Crippen LogP contribution in [-0.2, 0) is 17.8 Å². The van der Waals surface area contributed by atoms with Crippen LogP contribution in [0.25, 0.3) is 11.2 Å². The van der Waals surface area contributed by atoms with E-state index in [1.807, 2.05) is 4.90 Å². The van der Waals surface area contributed by atoms with Crippen molar-refractivity contribution in [1.82, 2.24) is 24.6 Å². The molecule has 9 nitrogen and oxygen atoms in total. The van der Waals surface area contributed by atoms with Crippen molar-refractivity contribution in [2.75, 3.05) is 31.1 Å².